The maximum absolute atomic E-state index is 13.2. The van der Waals surface area contributed by atoms with Crippen molar-refractivity contribution < 1.29 is 22.7 Å². The number of rotatable bonds is 7. The van der Waals surface area contributed by atoms with Crippen LogP contribution in [0.15, 0.2) is 71.6 Å². The number of anilines is 1. The fourth-order valence-corrected chi connectivity index (χ4v) is 5.28. The highest BCUT2D eigenvalue weighted by Gasteiger charge is 2.28. The molecule has 0 radical (unpaired) electrons. The molecule has 7 nitrogen and oxygen atoms in total. The molecule has 4 rings (SSSR count). The van der Waals surface area contributed by atoms with Crippen molar-refractivity contribution in [3.63, 3.8) is 0 Å². The second-order valence-electron chi connectivity index (χ2n) is 7.29. The summed E-state index contributed by atoms with van der Waals surface area (Å²) in [4.78, 5) is 13.0. The van der Waals surface area contributed by atoms with Crippen LogP contribution in [-0.2, 0) is 21.2 Å². The summed E-state index contributed by atoms with van der Waals surface area (Å²) in [7, 11) is -4.16. The normalized spacial score (nSPS) is 13.9. The van der Waals surface area contributed by atoms with Crippen LogP contribution in [0.4, 0.5) is 5.69 Å². The Morgan fingerprint density at radius 1 is 0.939 bits per heavy atom. The van der Waals surface area contributed by atoms with Gasteiger partial charge in [0, 0.05) is 16.8 Å². The maximum atomic E-state index is 13.2. The number of fused-ring (bicyclic) bond motifs is 1. The second kappa shape index (κ2) is 10.0. The van der Waals surface area contributed by atoms with E-state index in [2.05, 4.69) is 10.0 Å². The minimum Gasteiger partial charge on any atom is -0.486 e. The van der Waals surface area contributed by atoms with Crippen LogP contribution < -0.4 is 19.5 Å². The van der Waals surface area contributed by atoms with Crippen LogP contribution in [0.1, 0.15) is 5.56 Å². The highest BCUT2D eigenvalue weighted by Crippen LogP contribution is 2.32. The van der Waals surface area contributed by atoms with Crippen LogP contribution in [0.3, 0.4) is 0 Å². The molecule has 1 aliphatic rings. The molecule has 0 fully saturated rings. The SMILES string of the molecule is O=C(Nc1ccc2c(c1)OCCO2)[C@@H](Cc1ccccc1)NS(=O)(=O)c1cc(Cl)ccc1Cl. The Kier molecular flexibility index (Phi) is 7.09. The number of sulfonamides is 1. The summed E-state index contributed by atoms with van der Waals surface area (Å²) in [6, 6.07) is 17.1. The van der Waals surface area contributed by atoms with E-state index in [1.165, 1.54) is 18.2 Å². The van der Waals surface area contributed by atoms with Gasteiger partial charge < -0.3 is 14.8 Å². The third kappa shape index (κ3) is 5.78. The number of benzene rings is 3. The third-order valence-electron chi connectivity index (χ3n) is 4.89. The monoisotopic (exact) mass is 506 g/mol. The van der Waals surface area contributed by atoms with E-state index in [1.54, 1.807) is 18.2 Å². The predicted molar refractivity (Wildman–Crippen MR) is 127 cm³/mol. The topological polar surface area (TPSA) is 93.7 Å². The summed E-state index contributed by atoms with van der Waals surface area (Å²) < 4.78 is 39.7. The first-order valence-electron chi connectivity index (χ1n) is 10.0. The van der Waals surface area contributed by atoms with E-state index in [-0.39, 0.29) is 21.4 Å². The van der Waals surface area contributed by atoms with E-state index in [0.717, 1.165) is 5.56 Å². The average Bonchev–Trinajstić information content (AvgIpc) is 2.80. The average molecular weight is 507 g/mol. The van der Waals surface area contributed by atoms with Crippen LogP contribution in [-0.4, -0.2) is 33.6 Å². The quantitative estimate of drug-likeness (QED) is 0.498. The summed E-state index contributed by atoms with van der Waals surface area (Å²) in [6.45, 7) is 0.854. The van der Waals surface area contributed by atoms with Crippen LogP contribution >= 0.6 is 23.2 Å². The van der Waals surface area contributed by atoms with Gasteiger partial charge in [0.05, 0.1) is 5.02 Å². The van der Waals surface area contributed by atoms with Crippen LogP contribution in [0.5, 0.6) is 11.5 Å². The van der Waals surface area contributed by atoms with Crippen molar-refractivity contribution >= 4 is 44.8 Å². The van der Waals surface area contributed by atoms with Gasteiger partial charge in [-0.15, -0.1) is 0 Å². The van der Waals surface area contributed by atoms with Gasteiger partial charge in [0.15, 0.2) is 11.5 Å². The van der Waals surface area contributed by atoms with Gasteiger partial charge in [0.1, 0.15) is 24.2 Å². The lowest BCUT2D eigenvalue weighted by molar-refractivity contribution is -0.117. The van der Waals surface area contributed by atoms with Gasteiger partial charge in [0.2, 0.25) is 15.9 Å². The van der Waals surface area contributed by atoms with Crippen molar-refractivity contribution in [3.8, 4) is 11.5 Å². The molecule has 0 saturated heterocycles. The number of halogens is 2. The number of hydrogen-bond donors (Lipinski definition) is 2. The summed E-state index contributed by atoms with van der Waals surface area (Å²) in [5, 5.41) is 2.96. The Hall–Kier alpha value is -2.78. The van der Waals surface area contributed by atoms with E-state index in [4.69, 9.17) is 32.7 Å². The van der Waals surface area contributed by atoms with Gasteiger partial charge in [-0.3, -0.25) is 4.79 Å². The zero-order chi connectivity index (χ0) is 23.4. The molecule has 3 aromatic rings. The fraction of sp³-hybridized carbons (Fsp3) is 0.174. The van der Waals surface area contributed by atoms with Crippen LogP contribution in [0, 0.1) is 0 Å². The van der Waals surface area contributed by atoms with E-state index in [1.807, 2.05) is 30.3 Å². The van der Waals surface area contributed by atoms with E-state index >= 15 is 0 Å². The minimum atomic E-state index is -4.16. The molecule has 33 heavy (non-hydrogen) atoms. The molecular formula is C23H20Cl2N2O5S. The molecule has 1 amide bonds. The first-order valence-corrected chi connectivity index (χ1v) is 12.3. The van der Waals surface area contributed by atoms with Crippen molar-refractivity contribution in [1.82, 2.24) is 4.72 Å². The van der Waals surface area contributed by atoms with Crippen molar-refractivity contribution in [2.75, 3.05) is 18.5 Å². The van der Waals surface area contributed by atoms with Crippen molar-refractivity contribution in [2.24, 2.45) is 0 Å². The van der Waals surface area contributed by atoms with Gasteiger partial charge >= 0.3 is 0 Å². The number of amides is 1. The smallest absolute Gasteiger partial charge is 0.242 e. The van der Waals surface area contributed by atoms with Crippen molar-refractivity contribution in [3.05, 3.63) is 82.3 Å². The lowest BCUT2D eigenvalue weighted by Gasteiger charge is -2.21. The lowest BCUT2D eigenvalue weighted by atomic mass is 10.1. The van der Waals surface area contributed by atoms with Crippen LogP contribution in [0.25, 0.3) is 0 Å². The molecule has 0 spiro atoms. The first kappa shape index (κ1) is 23.4. The van der Waals surface area contributed by atoms with Gasteiger partial charge in [0.25, 0.3) is 0 Å². The molecule has 1 aliphatic heterocycles. The molecule has 0 aromatic heterocycles. The van der Waals surface area contributed by atoms with Gasteiger partial charge in [-0.2, -0.15) is 4.72 Å². The largest absolute Gasteiger partial charge is 0.486 e. The summed E-state index contributed by atoms with van der Waals surface area (Å²) in [6.07, 6.45) is 0.120. The van der Waals surface area contributed by atoms with Crippen LogP contribution in [0.2, 0.25) is 10.0 Å². The summed E-state index contributed by atoms with van der Waals surface area (Å²) in [5.74, 6) is 0.540. The van der Waals surface area contributed by atoms with E-state index in [0.29, 0.717) is 30.4 Å². The molecule has 172 valence electrons. The van der Waals surface area contributed by atoms with E-state index < -0.39 is 22.0 Å². The molecule has 0 aliphatic carbocycles. The Bertz CT molecular complexity index is 1270. The zero-order valence-corrected chi connectivity index (χ0v) is 19.6. The first-order chi connectivity index (χ1) is 15.8. The molecule has 10 heteroatoms. The minimum absolute atomic E-state index is 0.00222. The van der Waals surface area contributed by atoms with E-state index in [9.17, 15) is 13.2 Å². The number of ether oxygens (including phenoxy) is 2. The molecule has 0 saturated carbocycles. The molecule has 2 N–H and O–H groups in total. The molecule has 0 bridgehead atoms. The number of nitrogens with one attached hydrogen (secondary N) is 2. The zero-order valence-electron chi connectivity index (χ0n) is 17.3. The van der Waals surface area contributed by atoms with Gasteiger partial charge in [-0.05, 0) is 42.3 Å². The summed E-state index contributed by atoms with van der Waals surface area (Å²) in [5.41, 5.74) is 1.22. The Morgan fingerprint density at radius 2 is 1.67 bits per heavy atom. The highest BCUT2D eigenvalue weighted by molar-refractivity contribution is 7.89. The predicted octanol–water partition coefficient (Wildman–Crippen LogP) is 4.29. The molecular weight excluding hydrogens is 487 g/mol. The van der Waals surface area contributed by atoms with Crippen molar-refractivity contribution in [2.45, 2.75) is 17.4 Å². The Morgan fingerprint density at radius 3 is 2.42 bits per heavy atom. The number of carbonyl (C=O) groups excluding carboxylic acids is 1. The highest BCUT2D eigenvalue weighted by atomic mass is 35.5. The Balaban J connectivity index is 1.60. The van der Waals surface area contributed by atoms with Gasteiger partial charge in [-0.1, -0.05) is 53.5 Å². The molecule has 1 heterocycles. The molecule has 0 unspecified atom stereocenters. The Labute approximate surface area is 201 Å². The second-order valence-corrected chi connectivity index (χ2v) is 9.81. The third-order valence-corrected chi connectivity index (χ3v) is 7.08. The summed E-state index contributed by atoms with van der Waals surface area (Å²) >= 11 is 12.1. The number of hydrogen-bond acceptors (Lipinski definition) is 5. The van der Waals surface area contributed by atoms with Crippen molar-refractivity contribution in [1.29, 1.82) is 0 Å². The fourth-order valence-electron chi connectivity index (χ4n) is 3.32. The maximum Gasteiger partial charge on any atom is 0.242 e. The standard InChI is InChI=1S/C23H20Cl2N2O5S/c24-16-6-8-18(25)22(13-16)33(29,30)27-19(12-15-4-2-1-3-5-15)23(28)26-17-7-9-20-21(14-17)32-11-10-31-20/h1-9,13-14,19,27H,10-12H2,(H,26,28)/t19-/m1/s1. The lowest BCUT2D eigenvalue weighted by Crippen LogP contribution is -2.45. The van der Waals surface area contributed by atoms with Gasteiger partial charge in [-0.25, -0.2) is 8.42 Å². The number of carbonyl (C=O) groups is 1. The molecule has 3 aromatic carbocycles. The molecule has 1 atom stereocenters.